The van der Waals surface area contributed by atoms with Crippen LogP contribution in [0.1, 0.15) is 82.8 Å². The number of allylic oxidation sites excluding steroid dienone is 2. The summed E-state index contributed by atoms with van der Waals surface area (Å²) in [6.07, 6.45) is 10.2. The summed E-state index contributed by atoms with van der Waals surface area (Å²) >= 11 is 0. The van der Waals surface area contributed by atoms with E-state index >= 15 is 0 Å². The Bertz CT molecular complexity index is 851. The van der Waals surface area contributed by atoms with Crippen molar-refractivity contribution in [2.24, 2.45) is 16.7 Å². The van der Waals surface area contributed by atoms with E-state index in [0.29, 0.717) is 0 Å². The van der Waals surface area contributed by atoms with Gasteiger partial charge in [-0.15, -0.1) is 0 Å². The highest BCUT2D eigenvalue weighted by Gasteiger charge is 2.61. The minimum absolute atomic E-state index is 0.163. The van der Waals surface area contributed by atoms with Gasteiger partial charge in [-0.2, -0.15) is 5.26 Å². The largest absolute Gasteiger partial charge is 0.497 e. The fourth-order valence-corrected chi connectivity index (χ4v) is 6.68. The molecule has 29 heavy (non-hydrogen) atoms. The zero-order valence-corrected chi connectivity index (χ0v) is 18.3. The number of fused-ring (bicyclic) bond motifs is 5. The number of nitrogens with zero attached hydrogens (tertiary/aromatic N) is 1. The summed E-state index contributed by atoms with van der Waals surface area (Å²) < 4.78 is 5.47. The monoisotopic (exact) mass is 393 g/mol. The number of benzene rings is 1. The molecule has 0 unspecified atom stereocenters. The smallest absolute Gasteiger partial charge is 0.119 e. The van der Waals surface area contributed by atoms with Crippen LogP contribution < -0.4 is 4.74 Å². The van der Waals surface area contributed by atoms with E-state index in [0.717, 1.165) is 44.3 Å². The van der Waals surface area contributed by atoms with Gasteiger partial charge < -0.3 is 9.84 Å². The number of nitriles is 1. The zero-order chi connectivity index (χ0) is 20.6. The highest BCUT2D eigenvalue weighted by atomic mass is 16.5. The molecular formula is C26H35NO2. The lowest BCUT2D eigenvalue weighted by Gasteiger charge is -2.52. The summed E-state index contributed by atoms with van der Waals surface area (Å²) in [7, 11) is 1.72. The second-order valence-corrected chi connectivity index (χ2v) is 9.72. The van der Waals surface area contributed by atoms with Crippen molar-refractivity contribution in [2.45, 2.75) is 84.2 Å². The van der Waals surface area contributed by atoms with Gasteiger partial charge in [-0.1, -0.05) is 44.7 Å². The Morgan fingerprint density at radius 3 is 2.79 bits per heavy atom. The number of methoxy groups -OCH3 is 1. The number of rotatable bonds is 6. The molecule has 4 rings (SSSR count). The normalized spacial score (nSPS) is 32.9. The third-order valence-electron chi connectivity index (χ3n) is 8.18. The Kier molecular flexibility index (Phi) is 5.51. The average Bonchev–Trinajstić information content (AvgIpc) is 3.04. The Hall–Kier alpha value is -1.79. The van der Waals surface area contributed by atoms with Crippen LogP contribution in [0.25, 0.3) is 5.57 Å². The summed E-state index contributed by atoms with van der Waals surface area (Å²) in [5, 5.41) is 21.5. The van der Waals surface area contributed by atoms with Crippen molar-refractivity contribution < 1.29 is 9.84 Å². The Morgan fingerprint density at radius 1 is 1.24 bits per heavy atom. The summed E-state index contributed by atoms with van der Waals surface area (Å²) in [5.41, 5.74) is 4.73. The molecule has 3 nitrogen and oxygen atoms in total. The summed E-state index contributed by atoms with van der Waals surface area (Å²) in [5.74, 6) is 1.15. The van der Waals surface area contributed by atoms with Crippen molar-refractivity contribution in [2.75, 3.05) is 7.11 Å². The second-order valence-electron chi connectivity index (χ2n) is 9.72. The summed E-state index contributed by atoms with van der Waals surface area (Å²) in [4.78, 5) is 0. The molecule has 3 heteroatoms. The SMILES string of the molecule is CCCCCCC1=C2c3ccc(OC)cc3CC[C@@]2(C#N)[C@@H]2CC[C@H](O)[C@@]2(C)C1. The number of unbranched alkanes of at least 4 members (excludes halogenated alkanes) is 3. The average molecular weight is 394 g/mol. The first kappa shape index (κ1) is 20.5. The van der Waals surface area contributed by atoms with Crippen molar-refractivity contribution in [1.82, 2.24) is 0 Å². The highest BCUT2D eigenvalue weighted by molar-refractivity contribution is 5.81. The summed E-state index contributed by atoms with van der Waals surface area (Å²) in [6.45, 7) is 4.50. The maximum Gasteiger partial charge on any atom is 0.119 e. The number of aliphatic hydroxyl groups is 1. The number of aryl methyl sites for hydroxylation is 1. The molecule has 1 fully saturated rings. The van der Waals surface area contributed by atoms with Crippen LogP contribution in [0.3, 0.4) is 0 Å². The van der Waals surface area contributed by atoms with Crippen molar-refractivity contribution >= 4 is 5.57 Å². The molecule has 0 aromatic heterocycles. The lowest BCUT2D eigenvalue weighted by molar-refractivity contribution is 0.00765. The van der Waals surface area contributed by atoms with Gasteiger partial charge in [0.25, 0.3) is 0 Å². The van der Waals surface area contributed by atoms with E-state index in [4.69, 9.17) is 4.74 Å². The maximum absolute atomic E-state index is 10.9. The van der Waals surface area contributed by atoms with E-state index in [1.165, 1.54) is 48.0 Å². The van der Waals surface area contributed by atoms with Crippen LogP contribution in [-0.2, 0) is 6.42 Å². The molecule has 0 radical (unpaired) electrons. The topological polar surface area (TPSA) is 53.2 Å². The molecule has 0 saturated heterocycles. The van der Waals surface area contributed by atoms with Crippen molar-refractivity contribution in [1.29, 1.82) is 5.26 Å². The van der Waals surface area contributed by atoms with Crippen LogP contribution in [0.5, 0.6) is 5.75 Å². The Balaban J connectivity index is 1.85. The molecule has 0 spiro atoms. The van der Waals surface area contributed by atoms with Crippen molar-refractivity contribution in [3.05, 3.63) is 34.9 Å². The van der Waals surface area contributed by atoms with Crippen LogP contribution in [0.4, 0.5) is 0 Å². The van der Waals surface area contributed by atoms with Crippen LogP contribution >= 0.6 is 0 Å². The van der Waals surface area contributed by atoms with Crippen LogP contribution in [-0.4, -0.2) is 18.3 Å². The number of hydrogen-bond acceptors (Lipinski definition) is 3. The van der Waals surface area contributed by atoms with Gasteiger partial charge in [0.15, 0.2) is 0 Å². The van der Waals surface area contributed by atoms with Crippen LogP contribution in [0, 0.1) is 28.1 Å². The van der Waals surface area contributed by atoms with E-state index in [9.17, 15) is 10.4 Å². The molecule has 1 saturated carbocycles. The molecule has 3 aliphatic rings. The lowest BCUT2D eigenvalue weighted by Crippen LogP contribution is -2.48. The van der Waals surface area contributed by atoms with Gasteiger partial charge in [-0.3, -0.25) is 0 Å². The third-order valence-corrected chi connectivity index (χ3v) is 8.18. The molecule has 4 atom stereocenters. The molecule has 1 N–H and O–H groups in total. The predicted octanol–water partition coefficient (Wildman–Crippen LogP) is 6.06. The van der Waals surface area contributed by atoms with Gasteiger partial charge >= 0.3 is 0 Å². The minimum Gasteiger partial charge on any atom is -0.497 e. The molecule has 0 bridgehead atoms. The zero-order valence-electron chi connectivity index (χ0n) is 18.3. The molecule has 156 valence electrons. The van der Waals surface area contributed by atoms with Gasteiger partial charge in [-0.25, -0.2) is 0 Å². The number of hydrogen-bond donors (Lipinski definition) is 1. The minimum atomic E-state index is -0.452. The van der Waals surface area contributed by atoms with E-state index in [-0.39, 0.29) is 17.4 Å². The third kappa shape index (κ3) is 3.12. The Labute approximate surface area is 175 Å². The van der Waals surface area contributed by atoms with Crippen LogP contribution in [0.2, 0.25) is 0 Å². The Morgan fingerprint density at radius 2 is 2.07 bits per heavy atom. The van der Waals surface area contributed by atoms with Gasteiger partial charge in [0.1, 0.15) is 5.75 Å². The van der Waals surface area contributed by atoms with E-state index in [1.54, 1.807) is 7.11 Å². The second kappa shape index (κ2) is 7.80. The fourth-order valence-electron chi connectivity index (χ4n) is 6.68. The van der Waals surface area contributed by atoms with Gasteiger partial charge in [0, 0.05) is 5.41 Å². The molecule has 1 aromatic carbocycles. The number of aliphatic hydroxyl groups excluding tert-OH is 1. The first-order chi connectivity index (χ1) is 14.0. The van der Waals surface area contributed by atoms with Crippen molar-refractivity contribution in [3.63, 3.8) is 0 Å². The van der Waals surface area contributed by atoms with Gasteiger partial charge in [0.2, 0.25) is 0 Å². The van der Waals surface area contributed by atoms with Gasteiger partial charge in [-0.05, 0) is 79.7 Å². The maximum atomic E-state index is 10.9. The van der Waals surface area contributed by atoms with Gasteiger partial charge in [0.05, 0.1) is 24.7 Å². The molecule has 0 aliphatic heterocycles. The van der Waals surface area contributed by atoms with E-state index in [2.05, 4.69) is 32.0 Å². The van der Waals surface area contributed by atoms with Crippen LogP contribution in [0.15, 0.2) is 23.8 Å². The fraction of sp³-hybridized carbons (Fsp3) is 0.654. The first-order valence-electron chi connectivity index (χ1n) is 11.5. The number of ether oxygens (including phenoxy) is 1. The molecular weight excluding hydrogens is 358 g/mol. The molecule has 0 heterocycles. The van der Waals surface area contributed by atoms with Crippen molar-refractivity contribution in [3.8, 4) is 11.8 Å². The predicted molar refractivity (Wildman–Crippen MR) is 116 cm³/mol. The quantitative estimate of drug-likeness (QED) is 0.598. The van der Waals surface area contributed by atoms with E-state index in [1.807, 2.05) is 6.07 Å². The standard InChI is InChI=1S/C26H35NO2/c1-4-5-6-7-8-19-16-25(2)22(11-12-23(25)28)26(17-27)14-13-18-15-20(29-3)9-10-21(18)24(19)26/h9-10,15,22-23,28H,4-8,11-14,16H2,1-3H3/t22-,23+,25+,26-/m1/s1. The molecule has 0 amide bonds. The first-order valence-corrected chi connectivity index (χ1v) is 11.5. The molecule has 1 aromatic rings. The highest BCUT2D eigenvalue weighted by Crippen LogP contribution is 2.66. The molecule has 3 aliphatic carbocycles. The van der Waals surface area contributed by atoms with E-state index < -0.39 is 5.41 Å². The lowest BCUT2D eigenvalue weighted by atomic mass is 9.50. The summed E-state index contributed by atoms with van der Waals surface area (Å²) in [6, 6.07) is 9.24.